The number of benzene rings is 1. The second kappa shape index (κ2) is 5.91. The molecule has 3 aliphatic rings. The SMILES string of the molecule is CCCC(=O)N1CC2(CCCN2C2COC2)Cc2ccccc21. The van der Waals surface area contributed by atoms with E-state index in [2.05, 4.69) is 41.0 Å². The molecule has 4 heteroatoms. The molecule has 2 fully saturated rings. The number of rotatable bonds is 3. The third-order valence-corrected chi connectivity index (χ3v) is 5.73. The average molecular weight is 314 g/mol. The number of fused-ring (bicyclic) bond motifs is 1. The first-order valence-corrected chi connectivity index (χ1v) is 8.96. The Hall–Kier alpha value is -1.39. The fourth-order valence-corrected chi connectivity index (χ4v) is 4.58. The number of amides is 1. The third kappa shape index (κ3) is 2.48. The molecule has 124 valence electrons. The summed E-state index contributed by atoms with van der Waals surface area (Å²) in [4.78, 5) is 17.5. The van der Waals surface area contributed by atoms with Gasteiger partial charge in [0.05, 0.1) is 19.3 Å². The van der Waals surface area contributed by atoms with Crippen molar-refractivity contribution >= 4 is 11.6 Å². The van der Waals surface area contributed by atoms with Crippen LogP contribution in [0.5, 0.6) is 0 Å². The number of carbonyl (C=O) groups excluding carboxylic acids is 1. The number of hydrogen-bond donors (Lipinski definition) is 0. The first-order valence-electron chi connectivity index (χ1n) is 8.96. The summed E-state index contributed by atoms with van der Waals surface area (Å²) < 4.78 is 5.44. The van der Waals surface area contributed by atoms with Crippen molar-refractivity contribution in [1.82, 2.24) is 4.90 Å². The summed E-state index contributed by atoms with van der Waals surface area (Å²) in [6.07, 6.45) is 5.03. The van der Waals surface area contributed by atoms with Gasteiger partial charge in [-0.3, -0.25) is 9.69 Å². The lowest BCUT2D eigenvalue weighted by molar-refractivity contribution is -0.120. The summed E-state index contributed by atoms with van der Waals surface area (Å²) in [5, 5.41) is 0. The van der Waals surface area contributed by atoms with E-state index in [4.69, 9.17) is 4.74 Å². The van der Waals surface area contributed by atoms with Gasteiger partial charge in [-0.25, -0.2) is 0 Å². The number of hydrogen-bond acceptors (Lipinski definition) is 3. The van der Waals surface area contributed by atoms with Gasteiger partial charge in [-0.15, -0.1) is 0 Å². The Morgan fingerprint density at radius 2 is 2.17 bits per heavy atom. The summed E-state index contributed by atoms with van der Waals surface area (Å²) in [5.41, 5.74) is 2.58. The molecule has 1 aromatic carbocycles. The summed E-state index contributed by atoms with van der Waals surface area (Å²) in [7, 11) is 0. The van der Waals surface area contributed by atoms with Crippen LogP contribution in [0.15, 0.2) is 24.3 Å². The van der Waals surface area contributed by atoms with Gasteiger partial charge in [0.1, 0.15) is 0 Å². The van der Waals surface area contributed by atoms with Crippen LogP contribution < -0.4 is 4.90 Å². The molecule has 0 N–H and O–H groups in total. The molecule has 1 atom stereocenters. The molecule has 2 saturated heterocycles. The van der Waals surface area contributed by atoms with Gasteiger partial charge >= 0.3 is 0 Å². The molecule has 0 bridgehead atoms. The van der Waals surface area contributed by atoms with Crippen LogP contribution in [0.3, 0.4) is 0 Å². The van der Waals surface area contributed by atoms with Crippen LogP contribution in [-0.2, 0) is 16.0 Å². The molecular formula is C19H26N2O2. The Bertz CT molecular complexity index is 599. The highest BCUT2D eigenvalue weighted by atomic mass is 16.5. The van der Waals surface area contributed by atoms with Crippen molar-refractivity contribution in [3.8, 4) is 0 Å². The summed E-state index contributed by atoms with van der Waals surface area (Å²) in [6, 6.07) is 9.02. The van der Waals surface area contributed by atoms with E-state index in [-0.39, 0.29) is 11.4 Å². The molecular weight excluding hydrogens is 288 g/mol. The molecule has 23 heavy (non-hydrogen) atoms. The molecule has 4 rings (SSSR count). The molecule has 0 radical (unpaired) electrons. The van der Waals surface area contributed by atoms with Gasteiger partial charge in [0.15, 0.2) is 0 Å². The molecule has 3 aliphatic heterocycles. The molecule has 3 heterocycles. The summed E-state index contributed by atoms with van der Waals surface area (Å²) >= 11 is 0. The summed E-state index contributed by atoms with van der Waals surface area (Å²) in [6.45, 7) is 5.78. The number of carbonyl (C=O) groups is 1. The topological polar surface area (TPSA) is 32.8 Å². The van der Waals surface area contributed by atoms with Gasteiger partial charge in [-0.2, -0.15) is 0 Å². The fourth-order valence-electron chi connectivity index (χ4n) is 4.58. The van der Waals surface area contributed by atoms with E-state index in [0.29, 0.717) is 12.5 Å². The van der Waals surface area contributed by atoms with E-state index in [9.17, 15) is 4.79 Å². The van der Waals surface area contributed by atoms with Gasteiger partial charge in [-0.1, -0.05) is 25.1 Å². The second-order valence-corrected chi connectivity index (χ2v) is 7.25. The zero-order valence-electron chi connectivity index (χ0n) is 14.0. The van der Waals surface area contributed by atoms with Crippen LogP contribution in [0.25, 0.3) is 0 Å². The van der Waals surface area contributed by atoms with Gasteiger partial charge in [0.2, 0.25) is 5.91 Å². The second-order valence-electron chi connectivity index (χ2n) is 7.25. The maximum atomic E-state index is 12.7. The van der Waals surface area contributed by atoms with Gasteiger partial charge in [-0.05, 0) is 43.9 Å². The van der Waals surface area contributed by atoms with Gasteiger partial charge in [0.25, 0.3) is 0 Å². The minimum Gasteiger partial charge on any atom is -0.378 e. The number of likely N-dealkylation sites (tertiary alicyclic amines) is 1. The average Bonchev–Trinajstić information content (AvgIpc) is 2.88. The normalized spacial score (nSPS) is 28.0. The fraction of sp³-hybridized carbons (Fsp3) is 0.632. The summed E-state index contributed by atoms with van der Waals surface area (Å²) in [5.74, 6) is 0.274. The van der Waals surface area contributed by atoms with Crippen LogP contribution in [-0.4, -0.2) is 48.7 Å². The Morgan fingerprint density at radius 3 is 2.91 bits per heavy atom. The van der Waals surface area contributed by atoms with Crippen molar-refractivity contribution in [2.24, 2.45) is 0 Å². The van der Waals surface area contributed by atoms with Crippen LogP contribution in [0.1, 0.15) is 38.2 Å². The van der Waals surface area contributed by atoms with Crippen LogP contribution >= 0.6 is 0 Å². The van der Waals surface area contributed by atoms with Crippen LogP contribution in [0.2, 0.25) is 0 Å². The quantitative estimate of drug-likeness (QED) is 0.860. The van der Waals surface area contributed by atoms with E-state index in [1.807, 2.05) is 0 Å². The van der Waals surface area contributed by atoms with Gasteiger partial charge < -0.3 is 9.64 Å². The largest absolute Gasteiger partial charge is 0.378 e. The Balaban J connectivity index is 1.69. The molecule has 0 saturated carbocycles. The lowest BCUT2D eigenvalue weighted by Gasteiger charge is -2.51. The predicted octanol–water partition coefficient (Wildman–Crippen LogP) is 2.61. The van der Waals surface area contributed by atoms with E-state index in [0.717, 1.165) is 44.8 Å². The lowest BCUT2D eigenvalue weighted by Crippen LogP contribution is -2.63. The minimum absolute atomic E-state index is 0.117. The first kappa shape index (κ1) is 15.2. The lowest BCUT2D eigenvalue weighted by atomic mass is 9.82. The zero-order chi connectivity index (χ0) is 15.9. The zero-order valence-corrected chi connectivity index (χ0v) is 14.0. The van der Waals surface area contributed by atoms with Crippen molar-refractivity contribution < 1.29 is 9.53 Å². The van der Waals surface area contributed by atoms with E-state index in [1.54, 1.807) is 0 Å². The van der Waals surface area contributed by atoms with Crippen molar-refractivity contribution in [2.45, 2.75) is 50.6 Å². The standard InChI is InChI=1S/C19H26N2O2/c1-2-6-18(22)20-14-19(11-15-7-3-4-8-17(15)20)9-5-10-21(19)16-12-23-13-16/h3-4,7-8,16H,2,5-6,9-14H2,1H3. The highest BCUT2D eigenvalue weighted by molar-refractivity contribution is 5.95. The van der Waals surface area contributed by atoms with E-state index < -0.39 is 0 Å². The van der Waals surface area contributed by atoms with Crippen molar-refractivity contribution in [3.05, 3.63) is 29.8 Å². The van der Waals surface area contributed by atoms with Crippen LogP contribution in [0, 0.1) is 0 Å². The number of para-hydroxylation sites is 1. The van der Waals surface area contributed by atoms with Crippen molar-refractivity contribution in [3.63, 3.8) is 0 Å². The first-order chi connectivity index (χ1) is 11.2. The van der Waals surface area contributed by atoms with E-state index >= 15 is 0 Å². The molecule has 4 nitrogen and oxygen atoms in total. The van der Waals surface area contributed by atoms with Crippen LogP contribution in [0.4, 0.5) is 5.69 Å². The maximum absolute atomic E-state index is 12.7. The Kier molecular flexibility index (Phi) is 3.90. The predicted molar refractivity (Wildman–Crippen MR) is 90.7 cm³/mol. The molecule has 1 amide bonds. The molecule has 1 unspecified atom stereocenters. The maximum Gasteiger partial charge on any atom is 0.227 e. The Labute approximate surface area is 138 Å². The smallest absolute Gasteiger partial charge is 0.227 e. The number of nitrogens with zero attached hydrogens (tertiary/aromatic N) is 2. The molecule has 0 aromatic heterocycles. The minimum atomic E-state index is 0.117. The third-order valence-electron chi connectivity index (χ3n) is 5.73. The molecule has 0 aliphatic carbocycles. The highest BCUT2D eigenvalue weighted by Gasteiger charge is 2.50. The van der Waals surface area contributed by atoms with Crippen molar-refractivity contribution in [2.75, 3.05) is 31.2 Å². The molecule has 1 spiro atoms. The van der Waals surface area contributed by atoms with E-state index in [1.165, 1.54) is 18.4 Å². The monoisotopic (exact) mass is 314 g/mol. The number of anilines is 1. The highest BCUT2D eigenvalue weighted by Crippen LogP contribution is 2.42. The van der Waals surface area contributed by atoms with Crippen molar-refractivity contribution in [1.29, 1.82) is 0 Å². The van der Waals surface area contributed by atoms with Gasteiger partial charge in [0, 0.05) is 24.2 Å². The molecule has 1 aromatic rings. The number of ether oxygens (including phenoxy) is 1. The Morgan fingerprint density at radius 1 is 1.35 bits per heavy atom.